The van der Waals surface area contributed by atoms with E-state index < -0.39 is 5.91 Å². The van der Waals surface area contributed by atoms with E-state index in [1.165, 1.54) is 12.3 Å². The Morgan fingerprint density at radius 1 is 0.962 bits per heavy atom. The highest BCUT2D eigenvalue weighted by atomic mass is 35.5. The maximum Gasteiger partial charge on any atom is 0.291 e. The molecule has 2 N–H and O–H groups in total. The molecule has 2 amide bonds. The summed E-state index contributed by atoms with van der Waals surface area (Å²) in [4.78, 5) is 24.6. The van der Waals surface area contributed by atoms with Crippen LogP contribution in [0, 0.1) is 0 Å². The molecule has 3 rings (SSSR count). The molecule has 0 fully saturated rings. The average Bonchev–Trinajstić information content (AvgIpc) is 3.19. The monoisotopic (exact) mass is 370 g/mol. The van der Waals surface area contributed by atoms with Crippen LogP contribution in [0.25, 0.3) is 0 Å². The number of furan rings is 1. The number of halogens is 1. The minimum atomic E-state index is -0.447. The summed E-state index contributed by atoms with van der Waals surface area (Å²) in [5, 5.41) is 5.85. The van der Waals surface area contributed by atoms with E-state index in [4.69, 9.17) is 20.8 Å². The van der Waals surface area contributed by atoms with Gasteiger partial charge in [-0.25, -0.2) is 0 Å². The zero-order valence-corrected chi connectivity index (χ0v) is 14.5. The lowest BCUT2D eigenvalue weighted by Gasteiger charge is -2.12. The van der Waals surface area contributed by atoms with Crippen LogP contribution >= 0.6 is 11.6 Å². The van der Waals surface area contributed by atoms with Gasteiger partial charge < -0.3 is 19.8 Å². The van der Waals surface area contributed by atoms with Gasteiger partial charge in [-0.2, -0.15) is 0 Å². The second-order valence-electron chi connectivity index (χ2n) is 5.30. The molecule has 0 aliphatic rings. The second-order valence-corrected chi connectivity index (χ2v) is 5.74. The Hall–Kier alpha value is -3.25. The fourth-order valence-electron chi connectivity index (χ4n) is 2.26. The molecule has 0 saturated carbocycles. The van der Waals surface area contributed by atoms with Crippen LogP contribution in [0.1, 0.15) is 20.9 Å². The highest BCUT2D eigenvalue weighted by Gasteiger charge is 2.14. The van der Waals surface area contributed by atoms with Crippen LogP contribution in [0.2, 0.25) is 5.02 Å². The van der Waals surface area contributed by atoms with E-state index in [-0.39, 0.29) is 11.7 Å². The van der Waals surface area contributed by atoms with Crippen molar-refractivity contribution in [1.82, 2.24) is 0 Å². The normalized spacial score (nSPS) is 10.2. The van der Waals surface area contributed by atoms with E-state index in [0.29, 0.717) is 27.7 Å². The van der Waals surface area contributed by atoms with Gasteiger partial charge in [0.2, 0.25) is 0 Å². The number of anilines is 2. The van der Waals surface area contributed by atoms with Gasteiger partial charge in [0.25, 0.3) is 11.8 Å². The van der Waals surface area contributed by atoms with Crippen LogP contribution in [0.4, 0.5) is 11.4 Å². The van der Waals surface area contributed by atoms with Crippen molar-refractivity contribution in [3.63, 3.8) is 0 Å². The van der Waals surface area contributed by atoms with Crippen molar-refractivity contribution < 1.29 is 18.7 Å². The second kappa shape index (κ2) is 7.76. The molecule has 6 nitrogen and oxygen atoms in total. The van der Waals surface area contributed by atoms with E-state index >= 15 is 0 Å². The Morgan fingerprint density at radius 2 is 1.69 bits per heavy atom. The van der Waals surface area contributed by atoms with Crippen molar-refractivity contribution >= 4 is 34.8 Å². The summed E-state index contributed by atoms with van der Waals surface area (Å²) in [6.45, 7) is 0. The number of carbonyl (C=O) groups is 2. The number of nitrogens with one attached hydrogen (secondary N) is 2. The summed E-state index contributed by atoms with van der Waals surface area (Å²) in [6.07, 6.45) is 1.40. The molecule has 0 aliphatic heterocycles. The third-order valence-corrected chi connectivity index (χ3v) is 3.81. The largest absolute Gasteiger partial charge is 0.497 e. The highest BCUT2D eigenvalue weighted by Crippen LogP contribution is 2.27. The molecule has 0 atom stereocenters. The van der Waals surface area contributed by atoms with Crippen LogP contribution in [-0.2, 0) is 0 Å². The standard InChI is InChI=1S/C19H15ClN2O4/c1-25-14-7-4-12(5-8-14)18(23)21-15-9-6-13(20)11-16(15)22-19(24)17-3-2-10-26-17/h2-11H,1H3,(H,21,23)(H,22,24). The lowest BCUT2D eigenvalue weighted by atomic mass is 10.2. The van der Waals surface area contributed by atoms with Crippen LogP contribution < -0.4 is 15.4 Å². The first-order chi connectivity index (χ1) is 12.6. The minimum absolute atomic E-state index is 0.150. The lowest BCUT2D eigenvalue weighted by molar-refractivity contribution is 0.0993. The third kappa shape index (κ3) is 4.04. The number of rotatable bonds is 5. The van der Waals surface area contributed by atoms with Crippen molar-refractivity contribution in [1.29, 1.82) is 0 Å². The SMILES string of the molecule is COc1ccc(C(=O)Nc2ccc(Cl)cc2NC(=O)c2ccco2)cc1. The first-order valence-electron chi connectivity index (χ1n) is 7.66. The van der Waals surface area contributed by atoms with Gasteiger partial charge in [0.1, 0.15) is 5.75 Å². The van der Waals surface area contributed by atoms with Crippen LogP contribution in [0.3, 0.4) is 0 Å². The van der Waals surface area contributed by atoms with E-state index in [9.17, 15) is 9.59 Å². The molecule has 2 aromatic carbocycles. The number of benzene rings is 2. The lowest BCUT2D eigenvalue weighted by Crippen LogP contribution is -2.16. The Labute approximate surface area is 154 Å². The maximum absolute atomic E-state index is 12.4. The van der Waals surface area contributed by atoms with Gasteiger partial charge in [0, 0.05) is 10.6 Å². The van der Waals surface area contributed by atoms with Crippen molar-refractivity contribution in [2.75, 3.05) is 17.7 Å². The molecule has 0 aliphatic carbocycles. The fraction of sp³-hybridized carbons (Fsp3) is 0.0526. The molecular formula is C19H15ClN2O4. The molecule has 7 heteroatoms. The molecule has 0 saturated heterocycles. The van der Waals surface area contributed by atoms with Gasteiger partial charge in [0.15, 0.2) is 5.76 Å². The first-order valence-corrected chi connectivity index (χ1v) is 8.04. The molecule has 26 heavy (non-hydrogen) atoms. The number of methoxy groups -OCH3 is 1. The van der Waals surface area contributed by atoms with Crippen LogP contribution in [0.5, 0.6) is 5.75 Å². The number of amides is 2. The van der Waals surface area contributed by atoms with Gasteiger partial charge >= 0.3 is 0 Å². The molecule has 1 aromatic heterocycles. The molecule has 3 aromatic rings. The summed E-state index contributed by atoms with van der Waals surface area (Å²) in [6, 6.07) is 14.6. The maximum atomic E-state index is 12.4. The van der Waals surface area contributed by atoms with E-state index in [2.05, 4.69) is 10.6 Å². The predicted molar refractivity (Wildman–Crippen MR) is 99.1 cm³/mol. The molecule has 0 bridgehead atoms. The number of hydrogen-bond donors (Lipinski definition) is 2. The van der Waals surface area contributed by atoms with Gasteiger partial charge in [-0.3, -0.25) is 9.59 Å². The molecular weight excluding hydrogens is 356 g/mol. The van der Waals surface area contributed by atoms with Crippen molar-refractivity contribution in [3.05, 3.63) is 77.2 Å². The third-order valence-electron chi connectivity index (χ3n) is 3.58. The van der Waals surface area contributed by atoms with Gasteiger partial charge in [-0.1, -0.05) is 11.6 Å². The number of carbonyl (C=O) groups excluding carboxylic acids is 2. The zero-order chi connectivity index (χ0) is 18.5. The van der Waals surface area contributed by atoms with Gasteiger partial charge in [0.05, 0.1) is 24.7 Å². The molecule has 132 valence electrons. The average molecular weight is 371 g/mol. The quantitative estimate of drug-likeness (QED) is 0.695. The van der Waals surface area contributed by atoms with Crippen LogP contribution in [-0.4, -0.2) is 18.9 Å². The predicted octanol–water partition coefficient (Wildman–Crippen LogP) is 4.45. The topological polar surface area (TPSA) is 80.6 Å². The summed E-state index contributed by atoms with van der Waals surface area (Å²) in [7, 11) is 1.55. The number of ether oxygens (including phenoxy) is 1. The molecule has 0 spiro atoms. The van der Waals surface area contributed by atoms with E-state index in [0.717, 1.165) is 0 Å². The van der Waals surface area contributed by atoms with E-state index in [1.54, 1.807) is 55.6 Å². The molecule has 0 unspecified atom stereocenters. The van der Waals surface area contributed by atoms with Crippen molar-refractivity contribution in [3.8, 4) is 5.75 Å². The Kier molecular flexibility index (Phi) is 5.24. The summed E-state index contributed by atoms with van der Waals surface area (Å²) in [5.74, 6) is 0.0255. The van der Waals surface area contributed by atoms with Crippen LogP contribution in [0.15, 0.2) is 65.3 Å². The van der Waals surface area contributed by atoms with E-state index in [1.807, 2.05) is 0 Å². The minimum Gasteiger partial charge on any atom is -0.497 e. The Balaban J connectivity index is 1.80. The van der Waals surface area contributed by atoms with Crippen molar-refractivity contribution in [2.45, 2.75) is 0 Å². The molecule has 1 heterocycles. The van der Waals surface area contributed by atoms with Gasteiger partial charge in [-0.15, -0.1) is 0 Å². The summed E-state index contributed by atoms with van der Waals surface area (Å²) in [5.41, 5.74) is 1.22. The smallest absolute Gasteiger partial charge is 0.291 e. The Bertz CT molecular complexity index is 921. The Morgan fingerprint density at radius 3 is 2.35 bits per heavy atom. The summed E-state index contributed by atoms with van der Waals surface area (Å²) >= 11 is 6.01. The number of hydrogen-bond acceptors (Lipinski definition) is 4. The van der Waals surface area contributed by atoms with Gasteiger partial charge in [-0.05, 0) is 54.6 Å². The fourth-order valence-corrected chi connectivity index (χ4v) is 2.43. The van der Waals surface area contributed by atoms with Crippen molar-refractivity contribution in [2.24, 2.45) is 0 Å². The highest BCUT2D eigenvalue weighted by molar-refractivity contribution is 6.31. The molecule has 0 radical (unpaired) electrons. The first kappa shape index (κ1) is 17.6. The zero-order valence-electron chi connectivity index (χ0n) is 13.8. The summed E-state index contributed by atoms with van der Waals surface area (Å²) < 4.78 is 10.1.